The molecule has 5 aromatic rings. The average molecular weight is 545 g/mol. The van der Waals surface area contributed by atoms with E-state index in [4.69, 9.17) is 11.6 Å². The fourth-order valence-corrected chi connectivity index (χ4v) is 6.25. The number of hydrogen-bond acceptors (Lipinski definition) is 7. The normalized spacial score (nSPS) is 12.9. The predicted molar refractivity (Wildman–Crippen MR) is 146 cm³/mol. The summed E-state index contributed by atoms with van der Waals surface area (Å²) >= 11 is 9.30. The lowest BCUT2D eigenvalue weighted by Crippen LogP contribution is -2.36. The first-order valence-corrected chi connectivity index (χ1v) is 13.9. The third-order valence-corrected chi connectivity index (χ3v) is 8.36. The Balaban J connectivity index is 1.21. The number of rotatable bonds is 6. The van der Waals surface area contributed by atoms with Crippen LogP contribution in [0.4, 0.5) is 0 Å². The number of nitrogens with zero attached hydrogens (tertiary/aromatic N) is 6. The number of carbonyl (C=O) groups excluding carboxylic acids is 1. The van der Waals surface area contributed by atoms with Gasteiger partial charge in [0.15, 0.2) is 11.0 Å². The smallest absolute Gasteiger partial charge is 0.273 e. The molecule has 6 rings (SSSR count). The summed E-state index contributed by atoms with van der Waals surface area (Å²) in [4.78, 5) is 23.8. The number of hydrogen-bond donors (Lipinski definition) is 0. The van der Waals surface area contributed by atoms with Crippen LogP contribution in [0.2, 0.25) is 5.02 Å². The molecule has 1 aliphatic rings. The summed E-state index contributed by atoms with van der Waals surface area (Å²) in [6.45, 7) is 1.33. The van der Waals surface area contributed by atoms with Crippen molar-refractivity contribution < 1.29 is 4.79 Å². The summed E-state index contributed by atoms with van der Waals surface area (Å²) in [6, 6.07) is 19.7. The highest BCUT2D eigenvalue weighted by Gasteiger charge is 2.24. The Morgan fingerprint density at radius 3 is 2.70 bits per heavy atom. The number of benzene rings is 2. The van der Waals surface area contributed by atoms with Crippen molar-refractivity contribution in [1.82, 2.24) is 29.6 Å². The minimum Gasteiger partial charge on any atom is -0.333 e. The molecule has 0 saturated carbocycles. The molecule has 0 spiro atoms. The number of aromatic nitrogens is 5. The van der Waals surface area contributed by atoms with Gasteiger partial charge < -0.3 is 4.90 Å². The van der Waals surface area contributed by atoms with E-state index in [9.17, 15) is 4.79 Å². The maximum Gasteiger partial charge on any atom is 0.273 e. The van der Waals surface area contributed by atoms with E-state index in [2.05, 4.69) is 32.3 Å². The summed E-state index contributed by atoms with van der Waals surface area (Å²) in [7, 11) is 0. The number of thioether (sulfide) groups is 1. The summed E-state index contributed by atoms with van der Waals surface area (Å²) in [5.41, 5.74) is 4.79. The van der Waals surface area contributed by atoms with E-state index < -0.39 is 0 Å². The minimum absolute atomic E-state index is 0.0240. The van der Waals surface area contributed by atoms with E-state index in [0.717, 1.165) is 22.7 Å². The van der Waals surface area contributed by atoms with Crippen molar-refractivity contribution in [2.24, 2.45) is 0 Å². The van der Waals surface area contributed by atoms with Gasteiger partial charge in [-0.25, -0.2) is 4.98 Å². The molecule has 0 unspecified atom stereocenters. The second-order valence-corrected chi connectivity index (χ2v) is 10.8. The summed E-state index contributed by atoms with van der Waals surface area (Å²) < 4.78 is 1.98. The van der Waals surface area contributed by atoms with Crippen molar-refractivity contribution in [3.8, 4) is 17.1 Å². The maximum atomic E-state index is 13.1. The number of carbonyl (C=O) groups is 1. The molecule has 1 amide bonds. The zero-order valence-electron chi connectivity index (χ0n) is 19.6. The van der Waals surface area contributed by atoms with Gasteiger partial charge in [0.05, 0.1) is 11.4 Å². The van der Waals surface area contributed by atoms with Gasteiger partial charge in [0.1, 0.15) is 10.7 Å². The lowest BCUT2D eigenvalue weighted by atomic mass is 10.00. The second-order valence-electron chi connectivity index (χ2n) is 8.52. The molecule has 3 aromatic heterocycles. The largest absolute Gasteiger partial charge is 0.333 e. The van der Waals surface area contributed by atoms with E-state index in [-0.39, 0.29) is 5.91 Å². The molecule has 0 aliphatic carbocycles. The molecule has 4 heterocycles. The van der Waals surface area contributed by atoms with Crippen LogP contribution in [-0.2, 0) is 18.7 Å². The van der Waals surface area contributed by atoms with Crippen LogP contribution in [0.25, 0.3) is 17.1 Å². The molecule has 0 saturated heterocycles. The van der Waals surface area contributed by atoms with E-state index in [0.29, 0.717) is 40.5 Å². The quantitative estimate of drug-likeness (QED) is 0.247. The van der Waals surface area contributed by atoms with E-state index in [1.54, 1.807) is 12.4 Å². The van der Waals surface area contributed by atoms with Crippen LogP contribution in [-0.4, -0.2) is 42.1 Å². The fraction of sp³-hybridized carbons (Fsp3) is 0.148. The van der Waals surface area contributed by atoms with E-state index in [1.165, 1.54) is 34.2 Å². The van der Waals surface area contributed by atoms with Crippen LogP contribution < -0.4 is 0 Å². The zero-order chi connectivity index (χ0) is 25.2. The highest BCUT2D eigenvalue weighted by atomic mass is 35.5. The number of thiazole rings is 1. The van der Waals surface area contributed by atoms with Crippen LogP contribution in [0.1, 0.15) is 26.6 Å². The van der Waals surface area contributed by atoms with Gasteiger partial charge in [0.2, 0.25) is 0 Å². The standard InChI is InChI=1S/C27H21ClN6OS2/c28-21-6-3-7-22(14-21)34-25(19-8-11-29-12-9-19)31-32-27(34)37-17-24-30-23(16-36-24)26(35)33-13-10-18-4-1-2-5-20(18)15-33/h1-9,11-12,14,16H,10,13,15,17H2. The SMILES string of the molecule is O=C(c1csc(CSc2nnc(-c3ccncc3)n2-c2cccc(Cl)c2)n1)N1CCc2ccccc2C1. The Bertz CT molecular complexity index is 1570. The first-order valence-electron chi connectivity index (χ1n) is 11.7. The molecular formula is C27H21ClN6OS2. The van der Waals surface area contributed by atoms with Gasteiger partial charge in [-0.05, 0) is 47.9 Å². The van der Waals surface area contributed by atoms with Gasteiger partial charge >= 0.3 is 0 Å². The first kappa shape index (κ1) is 23.8. The molecule has 7 nitrogen and oxygen atoms in total. The topological polar surface area (TPSA) is 76.8 Å². The van der Waals surface area contributed by atoms with Crippen molar-refractivity contribution >= 4 is 40.6 Å². The molecular weight excluding hydrogens is 524 g/mol. The molecule has 0 fully saturated rings. The van der Waals surface area contributed by atoms with Crippen molar-refractivity contribution in [1.29, 1.82) is 0 Å². The summed E-state index contributed by atoms with van der Waals surface area (Å²) in [6.07, 6.45) is 4.33. The number of fused-ring (bicyclic) bond motifs is 1. The summed E-state index contributed by atoms with van der Waals surface area (Å²) in [5, 5.41) is 13.0. The van der Waals surface area contributed by atoms with Gasteiger partial charge in [-0.15, -0.1) is 21.5 Å². The third-order valence-electron chi connectivity index (χ3n) is 6.15. The highest BCUT2D eigenvalue weighted by Crippen LogP contribution is 2.31. The van der Waals surface area contributed by atoms with Gasteiger partial charge in [-0.2, -0.15) is 0 Å². The van der Waals surface area contributed by atoms with Crippen molar-refractivity contribution in [3.63, 3.8) is 0 Å². The number of amides is 1. The van der Waals surface area contributed by atoms with Crippen molar-refractivity contribution in [2.45, 2.75) is 23.9 Å². The lowest BCUT2D eigenvalue weighted by molar-refractivity contribution is 0.0729. The fourth-order valence-electron chi connectivity index (χ4n) is 4.33. The Morgan fingerprint density at radius 1 is 1.03 bits per heavy atom. The molecule has 10 heteroatoms. The molecule has 184 valence electrons. The Labute approximate surface area is 227 Å². The second kappa shape index (κ2) is 10.5. The molecule has 37 heavy (non-hydrogen) atoms. The van der Waals surface area contributed by atoms with Crippen molar-refractivity contribution in [3.05, 3.63) is 105 Å². The number of halogens is 1. The monoisotopic (exact) mass is 544 g/mol. The number of pyridine rings is 1. The molecule has 0 bridgehead atoms. The van der Waals surface area contributed by atoms with Crippen LogP contribution in [0.3, 0.4) is 0 Å². The Kier molecular flexibility index (Phi) is 6.73. The van der Waals surface area contributed by atoms with E-state index >= 15 is 0 Å². The third kappa shape index (κ3) is 5.02. The van der Waals surface area contributed by atoms with Crippen LogP contribution in [0, 0.1) is 0 Å². The lowest BCUT2D eigenvalue weighted by Gasteiger charge is -2.28. The predicted octanol–water partition coefficient (Wildman–Crippen LogP) is 5.93. The molecule has 0 atom stereocenters. The van der Waals surface area contributed by atoms with Gasteiger partial charge in [-0.1, -0.05) is 53.7 Å². The highest BCUT2D eigenvalue weighted by molar-refractivity contribution is 7.98. The first-order chi connectivity index (χ1) is 18.2. The molecule has 0 N–H and O–H groups in total. The Hall–Kier alpha value is -3.53. The average Bonchev–Trinajstić information content (AvgIpc) is 3.59. The van der Waals surface area contributed by atoms with Gasteiger partial charge in [0, 0.05) is 41.4 Å². The van der Waals surface area contributed by atoms with Crippen LogP contribution in [0.5, 0.6) is 0 Å². The van der Waals surface area contributed by atoms with Gasteiger partial charge in [-0.3, -0.25) is 14.3 Å². The maximum absolute atomic E-state index is 13.1. The molecule has 1 aliphatic heterocycles. The Morgan fingerprint density at radius 2 is 1.86 bits per heavy atom. The minimum atomic E-state index is -0.0240. The zero-order valence-corrected chi connectivity index (χ0v) is 22.0. The van der Waals surface area contributed by atoms with Gasteiger partial charge in [0.25, 0.3) is 5.91 Å². The van der Waals surface area contributed by atoms with Crippen LogP contribution in [0.15, 0.2) is 83.6 Å². The summed E-state index contributed by atoms with van der Waals surface area (Å²) in [5.74, 6) is 1.24. The van der Waals surface area contributed by atoms with Crippen LogP contribution >= 0.6 is 34.7 Å². The van der Waals surface area contributed by atoms with Crippen molar-refractivity contribution in [2.75, 3.05) is 6.54 Å². The molecule has 0 radical (unpaired) electrons. The molecule has 2 aromatic carbocycles. The van der Waals surface area contributed by atoms with E-state index in [1.807, 2.05) is 63.4 Å².